The van der Waals surface area contributed by atoms with Crippen LogP contribution in [-0.4, -0.2) is 39.6 Å². The summed E-state index contributed by atoms with van der Waals surface area (Å²) in [5.41, 5.74) is 7.91. The number of hydrazine groups is 1. The Morgan fingerprint density at radius 2 is 1.59 bits per heavy atom. The molecule has 4 amide bonds. The van der Waals surface area contributed by atoms with Crippen LogP contribution in [0.1, 0.15) is 53.8 Å². The van der Waals surface area contributed by atoms with E-state index in [-0.39, 0.29) is 36.6 Å². The molecule has 8 heteroatoms. The number of aryl methyl sites for hydroxylation is 1. The van der Waals surface area contributed by atoms with Gasteiger partial charge in [0.05, 0.1) is 17.4 Å². The van der Waals surface area contributed by atoms with E-state index < -0.39 is 11.8 Å². The van der Waals surface area contributed by atoms with E-state index in [1.807, 2.05) is 48.7 Å². The van der Waals surface area contributed by atoms with Crippen molar-refractivity contribution in [2.24, 2.45) is 11.8 Å². The Balaban J connectivity index is 1.32. The molecule has 2 atom stereocenters. The van der Waals surface area contributed by atoms with Crippen molar-refractivity contribution in [1.29, 1.82) is 0 Å². The molecule has 8 nitrogen and oxygen atoms in total. The number of carbonyl (C=O) groups is 4. The minimum atomic E-state index is -0.453. The molecule has 168 valence electrons. The molecule has 4 rings (SSSR count). The third kappa shape index (κ3) is 4.04. The second kappa shape index (κ2) is 8.98. The normalized spacial score (nSPS) is 20.2. The molecule has 2 fully saturated rings. The lowest BCUT2D eigenvalue weighted by molar-refractivity contribution is -0.140. The van der Waals surface area contributed by atoms with Gasteiger partial charge in [-0.3, -0.25) is 34.9 Å². The van der Waals surface area contributed by atoms with E-state index in [2.05, 4.69) is 10.9 Å². The fourth-order valence-corrected chi connectivity index (χ4v) is 4.89. The highest BCUT2D eigenvalue weighted by Gasteiger charge is 2.47. The summed E-state index contributed by atoms with van der Waals surface area (Å²) in [7, 11) is 0. The number of imide groups is 1. The minimum absolute atomic E-state index is 0.0366. The van der Waals surface area contributed by atoms with Crippen LogP contribution in [-0.2, 0) is 14.4 Å². The van der Waals surface area contributed by atoms with Gasteiger partial charge in [0.2, 0.25) is 17.7 Å². The summed E-state index contributed by atoms with van der Waals surface area (Å²) in [5.74, 6) is -1.65. The van der Waals surface area contributed by atoms with Crippen LogP contribution in [0.2, 0.25) is 0 Å². The van der Waals surface area contributed by atoms with Crippen LogP contribution in [0.3, 0.4) is 0 Å². The monoisotopic (exact) mass is 436 g/mol. The Labute approximate surface area is 186 Å². The first-order chi connectivity index (χ1) is 15.4. The molecule has 32 heavy (non-hydrogen) atoms. The number of hydrogen-bond acceptors (Lipinski definition) is 4. The molecule has 2 aromatic rings. The quantitative estimate of drug-likeness (QED) is 0.555. The van der Waals surface area contributed by atoms with Gasteiger partial charge in [-0.15, -0.1) is 0 Å². The molecule has 1 aliphatic heterocycles. The molecule has 2 heterocycles. The zero-order valence-corrected chi connectivity index (χ0v) is 18.4. The van der Waals surface area contributed by atoms with E-state index in [0.717, 1.165) is 42.8 Å². The number of nitrogens with one attached hydrogen (secondary N) is 2. The standard InChI is InChI=1S/C24H28N4O4/c1-15-14-20(16(2)28(15)17-8-4-3-5-9-17)22(30)26-25-21(29)12-13-27-23(31)18-10-6-7-11-19(18)24(27)32/h3-5,8-9,14,18-19H,6-7,10-13H2,1-2H3,(H,25,29)(H,26,30). The summed E-state index contributed by atoms with van der Waals surface area (Å²) in [6, 6.07) is 11.5. The first-order valence-corrected chi connectivity index (χ1v) is 11.1. The van der Waals surface area contributed by atoms with Gasteiger partial charge in [0.25, 0.3) is 5.91 Å². The summed E-state index contributed by atoms with van der Waals surface area (Å²) in [5, 5.41) is 0. The van der Waals surface area contributed by atoms with E-state index in [9.17, 15) is 19.2 Å². The molecule has 1 aliphatic carbocycles. The number of benzene rings is 1. The summed E-state index contributed by atoms with van der Waals surface area (Å²) in [6.45, 7) is 3.80. The maximum atomic E-state index is 12.6. The topological polar surface area (TPSA) is 101 Å². The van der Waals surface area contributed by atoms with Gasteiger partial charge in [0.15, 0.2) is 0 Å². The van der Waals surface area contributed by atoms with Crippen molar-refractivity contribution in [2.45, 2.75) is 46.0 Å². The highest BCUT2D eigenvalue weighted by Crippen LogP contribution is 2.37. The van der Waals surface area contributed by atoms with E-state index in [1.165, 1.54) is 4.90 Å². The van der Waals surface area contributed by atoms with Gasteiger partial charge in [0, 0.05) is 30.0 Å². The Morgan fingerprint density at radius 3 is 2.22 bits per heavy atom. The maximum Gasteiger partial charge on any atom is 0.271 e. The lowest BCUT2D eigenvalue weighted by Gasteiger charge is -2.19. The lowest BCUT2D eigenvalue weighted by atomic mass is 9.81. The molecule has 1 aromatic carbocycles. The van der Waals surface area contributed by atoms with Crippen molar-refractivity contribution >= 4 is 23.6 Å². The number of aromatic nitrogens is 1. The Kier molecular flexibility index (Phi) is 6.12. The van der Waals surface area contributed by atoms with Gasteiger partial charge >= 0.3 is 0 Å². The highest BCUT2D eigenvalue weighted by atomic mass is 16.2. The molecule has 0 radical (unpaired) electrons. The molecule has 2 aliphatic rings. The van der Waals surface area contributed by atoms with E-state index in [0.29, 0.717) is 5.56 Å². The third-order valence-corrected chi connectivity index (χ3v) is 6.50. The van der Waals surface area contributed by atoms with Crippen molar-refractivity contribution in [3.63, 3.8) is 0 Å². The summed E-state index contributed by atoms with van der Waals surface area (Å²) < 4.78 is 1.97. The smallest absolute Gasteiger partial charge is 0.271 e. The number of rotatable bonds is 5. The van der Waals surface area contributed by atoms with Crippen LogP contribution in [0.15, 0.2) is 36.4 Å². The lowest BCUT2D eigenvalue weighted by Crippen LogP contribution is -2.43. The SMILES string of the molecule is Cc1cc(C(=O)NNC(=O)CCN2C(=O)C3CCCCC3C2=O)c(C)n1-c1ccccc1. The summed E-state index contributed by atoms with van der Waals surface area (Å²) >= 11 is 0. The fourth-order valence-electron chi connectivity index (χ4n) is 4.89. The largest absolute Gasteiger partial charge is 0.318 e. The fraction of sp³-hybridized carbons (Fsp3) is 0.417. The molecule has 1 saturated carbocycles. The predicted molar refractivity (Wildman–Crippen MR) is 118 cm³/mol. The first-order valence-electron chi connectivity index (χ1n) is 11.1. The van der Waals surface area contributed by atoms with E-state index >= 15 is 0 Å². The van der Waals surface area contributed by atoms with Crippen molar-refractivity contribution in [3.8, 4) is 5.69 Å². The number of hydrogen-bond donors (Lipinski definition) is 2. The highest BCUT2D eigenvalue weighted by molar-refractivity contribution is 6.05. The second-order valence-corrected chi connectivity index (χ2v) is 8.53. The zero-order valence-electron chi connectivity index (χ0n) is 18.4. The molecule has 1 aromatic heterocycles. The van der Waals surface area contributed by atoms with Crippen molar-refractivity contribution in [1.82, 2.24) is 20.3 Å². The second-order valence-electron chi connectivity index (χ2n) is 8.53. The van der Waals surface area contributed by atoms with Crippen LogP contribution >= 0.6 is 0 Å². The van der Waals surface area contributed by atoms with Crippen molar-refractivity contribution in [2.75, 3.05) is 6.54 Å². The number of fused-ring (bicyclic) bond motifs is 1. The first kappa shape index (κ1) is 21.8. The maximum absolute atomic E-state index is 12.6. The van der Waals surface area contributed by atoms with Gasteiger partial charge < -0.3 is 4.57 Å². The average Bonchev–Trinajstić information content (AvgIpc) is 3.24. The van der Waals surface area contributed by atoms with Crippen LogP contribution in [0.5, 0.6) is 0 Å². The molecule has 1 saturated heterocycles. The van der Waals surface area contributed by atoms with Crippen LogP contribution < -0.4 is 10.9 Å². The molecule has 0 spiro atoms. The molecular formula is C24H28N4O4. The summed E-state index contributed by atoms with van der Waals surface area (Å²) in [6.07, 6.45) is 3.36. The Bertz CT molecular complexity index is 1040. The number of likely N-dealkylation sites (tertiary alicyclic amines) is 1. The molecule has 2 unspecified atom stereocenters. The number of carbonyl (C=O) groups excluding carboxylic acids is 4. The number of para-hydroxylation sites is 1. The van der Waals surface area contributed by atoms with E-state index in [4.69, 9.17) is 0 Å². The Morgan fingerprint density at radius 1 is 0.969 bits per heavy atom. The van der Waals surface area contributed by atoms with E-state index in [1.54, 1.807) is 6.07 Å². The average molecular weight is 437 g/mol. The van der Waals surface area contributed by atoms with Gasteiger partial charge in [-0.05, 0) is 44.9 Å². The van der Waals surface area contributed by atoms with Crippen LogP contribution in [0.4, 0.5) is 0 Å². The Hall–Kier alpha value is -3.42. The van der Waals surface area contributed by atoms with Gasteiger partial charge in [-0.2, -0.15) is 0 Å². The van der Waals surface area contributed by atoms with Gasteiger partial charge in [0.1, 0.15) is 0 Å². The van der Waals surface area contributed by atoms with Gasteiger partial charge in [-0.1, -0.05) is 31.0 Å². The van der Waals surface area contributed by atoms with Gasteiger partial charge in [-0.25, -0.2) is 0 Å². The number of nitrogens with zero attached hydrogens (tertiary/aromatic N) is 2. The predicted octanol–water partition coefficient (Wildman–Crippen LogP) is 2.42. The zero-order chi connectivity index (χ0) is 22.8. The van der Waals surface area contributed by atoms with Crippen LogP contribution in [0.25, 0.3) is 5.69 Å². The number of amides is 4. The van der Waals surface area contributed by atoms with Crippen molar-refractivity contribution < 1.29 is 19.2 Å². The van der Waals surface area contributed by atoms with Crippen molar-refractivity contribution in [3.05, 3.63) is 53.3 Å². The summed E-state index contributed by atoms with van der Waals surface area (Å²) in [4.78, 5) is 51.1. The molecule has 0 bridgehead atoms. The van der Waals surface area contributed by atoms with Crippen LogP contribution in [0, 0.1) is 25.7 Å². The third-order valence-electron chi connectivity index (χ3n) is 6.50. The minimum Gasteiger partial charge on any atom is -0.318 e. The molecular weight excluding hydrogens is 408 g/mol. The molecule has 2 N–H and O–H groups in total.